The van der Waals surface area contributed by atoms with E-state index in [1.807, 2.05) is 30.5 Å². The molecule has 2 aromatic rings. The summed E-state index contributed by atoms with van der Waals surface area (Å²) in [6.07, 6.45) is 8.69. The molecule has 1 aromatic heterocycles. The lowest BCUT2D eigenvalue weighted by Crippen LogP contribution is -2.55. The third-order valence-electron chi connectivity index (χ3n) is 7.44. The summed E-state index contributed by atoms with van der Waals surface area (Å²) in [6.45, 7) is 0. The summed E-state index contributed by atoms with van der Waals surface area (Å²) in [7, 11) is 0. The van der Waals surface area contributed by atoms with Crippen molar-refractivity contribution in [2.75, 3.05) is 0 Å². The monoisotopic (exact) mass is 365 g/mol. The van der Waals surface area contributed by atoms with Crippen molar-refractivity contribution in [1.29, 1.82) is 0 Å². The van der Waals surface area contributed by atoms with Crippen LogP contribution in [0.15, 0.2) is 30.5 Å². The second-order valence-electron chi connectivity index (χ2n) is 8.95. The van der Waals surface area contributed by atoms with Gasteiger partial charge in [0.05, 0.1) is 17.4 Å². The van der Waals surface area contributed by atoms with Crippen molar-refractivity contribution in [1.82, 2.24) is 10.3 Å². The van der Waals surface area contributed by atoms with Crippen LogP contribution in [0.25, 0.3) is 10.9 Å². The van der Waals surface area contributed by atoms with Crippen molar-refractivity contribution in [2.24, 2.45) is 23.2 Å². The van der Waals surface area contributed by atoms with Crippen LogP contribution in [0.2, 0.25) is 0 Å². The molecule has 3 fully saturated rings. The molecule has 0 radical (unpaired) electrons. The van der Waals surface area contributed by atoms with Gasteiger partial charge >= 0.3 is 0 Å². The molecule has 0 spiro atoms. The molecule has 5 heteroatoms. The number of para-hydroxylation sites is 1. The Morgan fingerprint density at radius 2 is 2.00 bits per heavy atom. The summed E-state index contributed by atoms with van der Waals surface area (Å²) in [5, 5.41) is 15.7. The van der Waals surface area contributed by atoms with Gasteiger partial charge < -0.3 is 20.2 Å². The molecule has 1 amide bonds. The van der Waals surface area contributed by atoms with Gasteiger partial charge in [-0.05, 0) is 61.5 Å². The summed E-state index contributed by atoms with van der Waals surface area (Å²) < 4.78 is 0. The number of rotatable bonds is 5. The molecule has 3 bridgehead atoms. The van der Waals surface area contributed by atoms with E-state index < -0.39 is 12.0 Å². The van der Waals surface area contributed by atoms with E-state index in [0.717, 1.165) is 42.1 Å². The highest BCUT2D eigenvalue weighted by Gasteiger charge is 2.58. The zero-order chi connectivity index (χ0) is 18.6. The van der Waals surface area contributed by atoms with E-state index in [1.54, 1.807) is 0 Å². The molecule has 0 saturated heterocycles. The first kappa shape index (κ1) is 16.8. The molecule has 0 unspecified atom stereocenters. The number of aromatic amines is 1. The maximum atomic E-state index is 13.3. The van der Waals surface area contributed by atoms with Crippen molar-refractivity contribution in [3.05, 3.63) is 36.0 Å². The van der Waals surface area contributed by atoms with E-state index >= 15 is 0 Å². The Morgan fingerprint density at radius 1 is 1.19 bits per heavy atom. The van der Waals surface area contributed by atoms with Crippen LogP contribution in [0.1, 0.15) is 44.1 Å². The van der Waals surface area contributed by atoms with Gasteiger partial charge in [0.1, 0.15) is 0 Å². The first-order valence-electron chi connectivity index (χ1n) is 10.1. The maximum Gasteiger partial charge on any atom is 0.227 e. The van der Waals surface area contributed by atoms with E-state index in [9.17, 15) is 14.7 Å². The molecule has 5 atom stereocenters. The van der Waals surface area contributed by atoms with Crippen molar-refractivity contribution in [3.63, 3.8) is 0 Å². The van der Waals surface area contributed by atoms with Crippen molar-refractivity contribution < 1.29 is 14.7 Å². The molecule has 3 aliphatic rings. The molecule has 1 heterocycles. The first-order chi connectivity index (χ1) is 13.0. The lowest BCUT2D eigenvalue weighted by Gasteiger charge is -2.44. The number of fused-ring (bicyclic) bond motifs is 3. The first-order valence-corrected chi connectivity index (χ1v) is 10.1. The Kier molecular flexibility index (Phi) is 3.81. The largest absolute Gasteiger partial charge is 0.548 e. The zero-order valence-electron chi connectivity index (χ0n) is 15.4. The average molecular weight is 365 g/mol. The molecule has 5 rings (SSSR count). The molecule has 5 nitrogen and oxygen atoms in total. The molecule has 3 aliphatic carbocycles. The van der Waals surface area contributed by atoms with Crippen LogP contribution in [0, 0.1) is 23.2 Å². The van der Waals surface area contributed by atoms with Crippen LogP contribution in [0.5, 0.6) is 0 Å². The highest BCUT2D eigenvalue weighted by atomic mass is 16.4. The fraction of sp³-hybridized carbons (Fsp3) is 0.545. The highest BCUT2D eigenvalue weighted by Crippen LogP contribution is 2.62. The molecule has 27 heavy (non-hydrogen) atoms. The lowest BCUT2D eigenvalue weighted by atomic mass is 9.61. The number of hydrogen-bond donors (Lipinski definition) is 2. The number of carboxylic acid groups (broad SMARTS) is 1. The smallest absolute Gasteiger partial charge is 0.227 e. The minimum absolute atomic E-state index is 0.0477. The van der Waals surface area contributed by atoms with E-state index in [-0.39, 0.29) is 17.7 Å². The predicted molar refractivity (Wildman–Crippen MR) is 99.5 cm³/mol. The van der Waals surface area contributed by atoms with Gasteiger partial charge in [-0.3, -0.25) is 4.79 Å². The fourth-order valence-corrected chi connectivity index (χ4v) is 6.33. The number of benzene rings is 1. The molecule has 3 saturated carbocycles. The van der Waals surface area contributed by atoms with Gasteiger partial charge in [0.25, 0.3) is 0 Å². The number of amides is 1. The minimum Gasteiger partial charge on any atom is -0.548 e. The van der Waals surface area contributed by atoms with Crippen LogP contribution >= 0.6 is 0 Å². The van der Waals surface area contributed by atoms with Crippen LogP contribution in [0.4, 0.5) is 0 Å². The summed E-state index contributed by atoms with van der Waals surface area (Å²) >= 11 is 0. The van der Waals surface area contributed by atoms with Gasteiger partial charge in [0, 0.05) is 23.5 Å². The zero-order valence-corrected chi connectivity index (χ0v) is 15.4. The Hall–Kier alpha value is -2.30. The lowest BCUT2D eigenvalue weighted by molar-refractivity contribution is -0.308. The van der Waals surface area contributed by atoms with Gasteiger partial charge in [-0.2, -0.15) is 0 Å². The van der Waals surface area contributed by atoms with Gasteiger partial charge in [0.2, 0.25) is 5.91 Å². The highest BCUT2D eigenvalue weighted by molar-refractivity contribution is 5.89. The molecular weight excluding hydrogens is 340 g/mol. The van der Waals surface area contributed by atoms with Crippen molar-refractivity contribution in [3.8, 4) is 0 Å². The van der Waals surface area contributed by atoms with E-state index in [0.29, 0.717) is 17.8 Å². The van der Waals surface area contributed by atoms with Crippen molar-refractivity contribution >= 4 is 22.8 Å². The third-order valence-corrected chi connectivity index (χ3v) is 7.44. The summed E-state index contributed by atoms with van der Waals surface area (Å²) in [4.78, 5) is 28.2. The van der Waals surface area contributed by atoms with Crippen LogP contribution in [-0.2, 0) is 16.0 Å². The molecule has 142 valence electrons. The van der Waals surface area contributed by atoms with Gasteiger partial charge in [0.15, 0.2) is 0 Å². The van der Waals surface area contributed by atoms with E-state index in [2.05, 4.69) is 10.3 Å². The number of aliphatic carboxylic acids is 1. The molecular formula is C22H25N2O3-. The SMILES string of the molecule is O=C([O-])[C@@H](Cc1c[nH]c2ccccc12)NC(=O)[C@]12C[C@@H]3CC[C@@H]1C[C@@H](C3)C2. The normalized spacial score (nSPS) is 32.5. The van der Waals surface area contributed by atoms with Crippen LogP contribution in [-0.4, -0.2) is 22.9 Å². The Morgan fingerprint density at radius 3 is 2.85 bits per heavy atom. The second-order valence-corrected chi connectivity index (χ2v) is 8.95. The average Bonchev–Trinajstić information content (AvgIpc) is 3.12. The number of nitrogens with one attached hydrogen (secondary N) is 2. The van der Waals surface area contributed by atoms with E-state index in [1.165, 1.54) is 12.8 Å². The number of aromatic nitrogens is 1. The summed E-state index contributed by atoms with van der Waals surface area (Å²) in [6, 6.07) is 6.81. The Labute approximate surface area is 158 Å². The maximum absolute atomic E-state index is 13.3. The van der Waals surface area contributed by atoms with Gasteiger partial charge in [-0.15, -0.1) is 0 Å². The quantitative estimate of drug-likeness (QED) is 0.851. The van der Waals surface area contributed by atoms with Gasteiger partial charge in [-0.1, -0.05) is 24.6 Å². The fourth-order valence-electron chi connectivity index (χ4n) is 6.33. The van der Waals surface area contributed by atoms with Crippen LogP contribution in [0.3, 0.4) is 0 Å². The minimum atomic E-state index is -1.21. The Bertz CT molecular complexity index is 904. The van der Waals surface area contributed by atoms with E-state index in [4.69, 9.17) is 0 Å². The molecule has 1 aromatic carbocycles. The number of carbonyl (C=O) groups excluding carboxylic acids is 2. The Balaban J connectivity index is 1.37. The topological polar surface area (TPSA) is 85.0 Å². The number of carbonyl (C=O) groups is 2. The second kappa shape index (κ2) is 6.11. The van der Waals surface area contributed by atoms with Gasteiger partial charge in [-0.25, -0.2) is 0 Å². The number of carboxylic acids is 1. The number of hydrogen-bond acceptors (Lipinski definition) is 3. The summed E-state index contributed by atoms with van der Waals surface area (Å²) in [5.74, 6) is 0.464. The standard InChI is InChI=1S/C22H26N2O3/c25-20(26)19(9-15-12-23-18-4-2-1-3-17(15)18)24-21(27)22-10-13-5-6-16(22)8-14(7-13)11-22/h1-4,12-14,16,19,23H,5-11H2,(H,24,27)(H,25,26)/p-1/t13-,14-,16-,19-,22+/m1/s1. The van der Waals surface area contributed by atoms with Crippen molar-refractivity contribution in [2.45, 2.75) is 51.0 Å². The molecule has 2 N–H and O–H groups in total. The summed E-state index contributed by atoms with van der Waals surface area (Å²) in [5.41, 5.74) is 1.53. The predicted octanol–water partition coefficient (Wildman–Crippen LogP) is 2.16. The third kappa shape index (κ3) is 2.67. The van der Waals surface area contributed by atoms with Crippen LogP contribution < -0.4 is 10.4 Å². The number of H-pyrrole nitrogens is 1. The molecule has 0 aliphatic heterocycles.